The van der Waals surface area contributed by atoms with E-state index < -0.39 is 15.4 Å². The van der Waals surface area contributed by atoms with Gasteiger partial charge in [-0.1, -0.05) is 13.8 Å². The largest absolute Gasteiger partial charge is 0.388 e. The molecule has 4 nitrogen and oxygen atoms in total. The molecule has 0 aliphatic rings. The number of sulfone groups is 1. The van der Waals surface area contributed by atoms with Crippen molar-refractivity contribution in [2.75, 3.05) is 18.1 Å². The fourth-order valence-electron chi connectivity index (χ4n) is 2.06. The molecule has 1 rings (SSSR count). The minimum Gasteiger partial charge on any atom is -0.388 e. The van der Waals surface area contributed by atoms with Crippen LogP contribution in [-0.4, -0.2) is 31.9 Å². The summed E-state index contributed by atoms with van der Waals surface area (Å²) in [5.74, 6) is 0.421. The van der Waals surface area contributed by atoms with Crippen molar-refractivity contribution in [3.05, 3.63) is 24.3 Å². The van der Waals surface area contributed by atoms with Crippen molar-refractivity contribution in [3.63, 3.8) is 0 Å². The van der Waals surface area contributed by atoms with Gasteiger partial charge in [0.15, 0.2) is 9.84 Å². The molecule has 1 unspecified atom stereocenters. The molecule has 0 bridgehead atoms. The van der Waals surface area contributed by atoms with Crippen molar-refractivity contribution in [3.8, 4) is 0 Å². The summed E-state index contributed by atoms with van der Waals surface area (Å²) in [6, 6.07) is 6.55. The monoisotopic (exact) mass is 285 g/mol. The lowest BCUT2D eigenvalue weighted by Crippen LogP contribution is -2.34. The summed E-state index contributed by atoms with van der Waals surface area (Å²) in [6.07, 6.45) is 1.89. The molecule has 0 saturated heterocycles. The van der Waals surface area contributed by atoms with Crippen molar-refractivity contribution < 1.29 is 13.5 Å². The maximum atomic E-state index is 11.3. The van der Waals surface area contributed by atoms with E-state index >= 15 is 0 Å². The first-order chi connectivity index (χ1) is 8.60. The highest BCUT2D eigenvalue weighted by molar-refractivity contribution is 7.90. The average molecular weight is 285 g/mol. The molecule has 0 spiro atoms. The Kier molecular flexibility index (Phi) is 4.98. The summed E-state index contributed by atoms with van der Waals surface area (Å²) in [5, 5.41) is 13.3. The van der Waals surface area contributed by atoms with Gasteiger partial charge in [0, 0.05) is 18.5 Å². The fourth-order valence-corrected chi connectivity index (χ4v) is 2.69. The zero-order valence-corrected chi connectivity index (χ0v) is 12.8. The van der Waals surface area contributed by atoms with E-state index in [-0.39, 0.29) is 0 Å². The van der Waals surface area contributed by atoms with E-state index in [1.807, 2.05) is 0 Å². The molecular weight excluding hydrogens is 262 g/mol. The number of nitrogens with one attached hydrogen (secondary N) is 1. The molecule has 1 aromatic carbocycles. The normalized spacial score (nSPS) is 15.3. The van der Waals surface area contributed by atoms with E-state index in [1.165, 1.54) is 6.26 Å². The van der Waals surface area contributed by atoms with Crippen LogP contribution in [-0.2, 0) is 9.84 Å². The Balaban J connectivity index is 2.64. The number of aliphatic hydroxyl groups is 1. The van der Waals surface area contributed by atoms with Gasteiger partial charge in [0.25, 0.3) is 0 Å². The van der Waals surface area contributed by atoms with Gasteiger partial charge in [-0.25, -0.2) is 8.42 Å². The van der Waals surface area contributed by atoms with Crippen LogP contribution < -0.4 is 5.32 Å². The van der Waals surface area contributed by atoms with E-state index in [0.717, 1.165) is 5.69 Å². The highest BCUT2D eigenvalue weighted by Gasteiger charge is 2.21. The number of anilines is 1. The predicted molar refractivity (Wildman–Crippen MR) is 78.1 cm³/mol. The first kappa shape index (κ1) is 16.0. The molecule has 19 heavy (non-hydrogen) atoms. The second-order valence-electron chi connectivity index (χ2n) is 5.75. The van der Waals surface area contributed by atoms with E-state index in [2.05, 4.69) is 19.2 Å². The fraction of sp³-hybridized carbons (Fsp3) is 0.571. The molecule has 1 atom stereocenters. The van der Waals surface area contributed by atoms with Gasteiger partial charge >= 0.3 is 0 Å². The summed E-state index contributed by atoms with van der Waals surface area (Å²) >= 11 is 0. The highest BCUT2D eigenvalue weighted by atomic mass is 32.2. The smallest absolute Gasteiger partial charge is 0.175 e. The van der Waals surface area contributed by atoms with E-state index in [9.17, 15) is 13.5 Å². The number of hydrogen-bond acceptors (Lipinski definition) is 4. The third-order valence-corrected chi connectivity index (χ3v) is 3.93. The Morgan fingerprint density at radius 1 is 1.26 bits per heavy atom. The van der Waals surface area contributed by atoms with Crippen LogP contribution in [0.25, 0.3) is 0 Å². The van der Waals surface area contributed by atoms with Gasteiger partial charge in [0.2, 0.25) is 0 Å². The van der Waals surface area contributed by atoms with E-state index in [0.29, 0.717) is 23.8 Å². The van der Waals surface area contributed by atoms with Crippen LogP contribution in [0.15, 0.2) is 29.2 Å². The summed E-state index contributed by atoms with van der Waals surface area (Å²) in [4.78, 5) is 0.298. The molecule has 0 aliphatic carbocycles. The first-order valence-electron chi connectivity index (χ1n) is 6.36. The summed E-state index contributed by atoms with van der Waals surface area (Å²) < 4.78 is 22.6. The molecule has 0 radical (unpaired) electrons. The molecule has 1 aromatic rings. The maximum absolute atomic E-state index is 11.3. The van der Waals surface area contributed by atoms with Crippen LogP contribution in [0.1, 0.15) is 27.2 Å². The van der Waals surface area contributed by atoms with Gasteiger partial charge in [-0.15, -0.1) is 0 Å². The minimum atomic E-state index is -3.16. The third-order valence-electron chi connectivity index (χ3n) is 2.80. The Bertz CT molecular complexity index is 504. The lowest BCUT2D eigenvalue weighted by Gasteiger charge is -2.26. The molecule has 0 saturated carbocycles. The van der Waals surface area contributed by atoms with Crippen LogP contribution in [0.3, 0.4) is 0 Å². The summed E-state index contributed by atoms with van der Waals surface area (Å²) in [7, 11) is -3.16. The summed E-state index contributed by atoms with van der Waals surface area (Å²) in [6.45, 7) is 6.36. The van der Waals surface area contributed by atoms with E-state index in [4.69, 9.17) is 0 Å². The number of hydrogen-bond donors (Lipinski definition) is 2. The van der Waals surface area contributed by atoms with Gasteiger partial charge in [0.05, 0.1) is 10.5 Å². The second-order valence-corrected chi connectivity index (χ2v) is 7.76. The topological polar surface area (TPSA) is 66.4 Å². The Labute approximate surface area is 115 Å². The average Bonchev–Trinajstić information content (AvgIpc) is 2.24. The quantitative estimate of drug-likeness (QED) is 0.841. The summed E-state index contributed by atoms with van der Waals surface area (Å²) in [5.41, 5.74) is 0.0281. The van der Waals surface area contributed by atoms with Crippen LogP contribution in [0.4, 0.5) is 5.69 Å². The van der Waals surface area contributed by atoms with Crippen molar-refractivity contribution in [1.29, 1.82) is 0 Å². The Morgan fingerprint density at radius 3 is 2.21 bits per heavy atom. The molecule has 0 aromatic heterocycles. The zero-order valence-electron chi connectivity index (χ0n) is 12.0. The van der Waals surface area contributed by atoms with Crippen molar-refractivity contribution in [2.45, 2.75) is 37.7 Å². The van der Waals surface area contributed by atoms with Gasteiger partial charge in [0.1, 0.15) is 0 Å². The van der Waals surface area contributed by atoms with Crippen LogP contribution in [0, 0.1) is 5.92 Å². The molecule has 5 heteroatoms. The predicted octanol–water partition coefficient (Wildman–Crippen LogP) is 2.30. The molecule has 2 N–H and O–H groups in total. The first-order valence-corrected chi connectivity index (χ1v) is 8.26. The van der Waals surface area contributed by atoms with E-state index in [1.54, 1.807) is 31.2 Å². The number of benzene rings is 1. The van der Waals surface area contributed by atoms with Crippen LogP contribution in [0.2, 0.25) is 0 Å². The second kappa shape index (κ2) is 5.92. The van der Waals surface area contributed by atoms with Crippen LogP contribution in [0.5, 0.6) is 0 Å². The van der Waals surface area contributed by atoms with Crippen molar-refractivity contribution in [1.82, 2.24) is 0 Å². The van der Waals surface area contributed by atoms with Gasteiger partial charge in [-0.05, 0) is 43.5 Å². The molecule has 0 amide bonds. The molecule has 0 heterocycles. The lowest BCUT2D eigenvalue weighted by atomic mass is 9.94. The van der Waals surface area contributed by atoms with Crippen molar-refractivity contribution >= 4 is 15.5 Å². The molecule has 108 valence electrons. The molecule has 0 fully saturated rings. The van der Waals surface area contributed by atoms with Crippen molar-refractivity contribution in [2.24, 2.45) is 5.92 Å². The van der Waals surface area contributed by atoms with Gasteiger partial charge < -0.3 is 10.4 Å². The van der Waals surface area contributed by atoms with Crippen LogP contribution >= 0.6 is 0 Å². The number of rotatable bonds is 6. The van der Waals surface area contributed by atoms with Gasteiger partial charge in [-0.3, -0.25) is 0 Å². The zero-order chi connectivity index (χ0) is 14.7. The highest BCUT2D eigenvalue weighted by Crippen LogP contribution is 2.19. The lowest BCUT2D eigenvalue weighted by molar-refractivity contribution is 0.0515. The molecule has 0 aliphatic heterocycles. The minimum absolute atomic E-state index is 0.298. The van der Waals surface area contributed by atoms with Gasteiger partial charge in [-0.2, -0.15) is 0 Å². The Morgan fingerprint density at radius 2 is 1.79 bits per heavy atom. The maximum Gasteiger partial charge on any atom is 0.175 e. The SMILES string of the molecule is CC(C)CC(C)(O)CNc1ccc(S(C)(=O)=O)cc1. The standard InChI is InChI=1S/C14H23NO3S/c1-11(2)9-14(3,16)10-15-12-5-7-13(8-6-12)19(4,17)18/h5-8,11,15-16H,9-10H2,1-4H3. The molecular formula is C14H23NO3S. The Hall–Kier alpha value is -1.07. The third kappa shape index (κ3) is 5.61.